The summed E-state index contributed by atoms with van der Waals surface area (Å²) in [6.07, 6.45) is 5.91. The fourth-order valence-electron chi connectivity index (χ4n) is 3.22. The van der Waals surface area contributed by atoms with Gasteiger partial charge in [0.2, 0.25) is 5.91 Å². The number of rotatable bonds is 11. The highest BCUT2D eigenvalue weighted by Crippen LogP contribution is 2.35. The third kappa shape index (κ3) is 6.04. The Bertz CT molecular complexity index is 1160. The number of aromatic nitrogens is 2. The van der Waals surface area contributed by atoms with E-state index in [-0.39, 0.29) is 16.3 Å². The van der Waals surface area contributed by atoms with E-state index in [1.165, 1.54) is 26.4 Å². The van der Waals surface area contributed by atoms with Crippen LogP contribution in [0.1, 0.15) is 12.0 Å². The number of aryl methyl sites for hydroxylation is 2. The van der Waals surface area contributed by atoms with Crippen LogP contribution in [0.15, 0.2) is 66.1 Å². The Balaban J connectivity index is 1.84. The third-order valence-corrected chi connectivity index (χ3v) is 6.80. The Kier molecular flexibility index (Phi) is 7.94. The summed E-state index contributed by atoms with van der Waals surface area (Å²) in [6.45, 7) is 2.56. The molecule has 0 spiro atoms. The first-order chi connectivity index (χ1) is 15.8. The number of carbonyl (C=O) groups is 1. The van der Waals surface area contributed by atoms with Gasteiger partial charge >= 0.3 is 0 Å². The molecule has 33 heavy (non-hydrogen) atoms. The molecule has 10 heteroatoms. The molecule has 3 rings (SSSR count). The third-order valence-electron chi connectivity index (χ3n) is 5.03. The maximum Gasteiger partial charge on any atom is 0.264 e. The number of anilines is 1. The highest BCUT2D eigenvalue weighted by molar-refractivity contribution is 7.92. The molecule has 176 valence electrons. The van der Waals surface area contributed by atoms with Gasteiger partial charge in [0.05, 0.1) is 31.1 Å². The zero-order valence-electron chi connectivity index (χ0n) is 18.9. The molecule has 0 saturated carbocycles. The number of ether oxygens (including phenoxy) is 2. The number of benzene rings is 2. The van der Waals surface area contributed by atoms with E-state index in [9.17, 15) is 13.2 Å². The lowest BCUT2D eigenvalue weighted by Crippen LogP contribution is -2.41. The van der Waals surface area contributed by atoms with Crippen LogP contribution in [-0.4, -0.2) is 51.2 Å². The predicted molar refractivity (Wildman–Crippen MR) is 125 cm³/mol. The van der Waals surface area contributed by atoms with Crippen LogP contribution in [0.5, 0.6) is 11.5 Å². The molecule has 0 saturated heterocycles. The lowest BCUT2D eigenvalue weighted by Gasteiger charge is -2.26. The molecule has 3 aromatic rings. The van der Waals surface area contributed by atoms with Gasteiger partial charge in [-0.2, -0.15) is 0 Å². The highest BCUT2D eigenvalue weighted by Gasteiger charge is 2.29. The summed E-state index contributed by atoms with van der Waals surface area (Å²) < 4.78 is 40.7. The van der Waals surface area contributed by atoms with Gasteiger partial charge < -0.3 is 19.4 Å². The average Bonchev–Trinajstić information content (AvgIpc) is 3.34. The van der Waals surface area contributed by atoms with E-state index in [0.717, 1.165) is 9.87 Å². The average molecular weight is 473 g/mol. The number of nitrogens with zero attached hydrogens (tertiary/aromatic N) is 3. The van der Waals surface area contributed by atoms with E-state index in [2.05, 4.69) is 10.3 Å². The molecular weight excluding hydrogens is 444 g/mol. The van der Waals surface area contributed by atoms with Crippen LogP contribution in [0.25, 0.3) is 0 Å². The number of nitrogens with one attached hydrogen (secondary N) is 1. The van der Waals surface area contributed by atoms with E-state index in [4.69, 9.17) is 9.47 Å². The molecule has 1 aromatic heterocycles. The van der Waals surface area contributed by atoms with Crippen LogP contribution in [-0.2, 0) is 21.4 Å². The van der Waals surface area contributed by atoms with Gasteiger partial charge in [-0.1, -0.05) is 17.7 Å². The summed E-state index contributed by atoms with van der Waals surface area (Å²) >= 11 is 0. The van der Waals surface area contributed by atoms with E-state index >= 15 is 0 Å². The molecule has 0 fully saturated rings. The molecule has 0 bridgehead atoms. The number of imidazole rings is 1. The summed E-state index contributed by atoms with van der Waals surface area (Å²) in [6, 6.07) is 11.2. The van der Waals surface area contributed by atoms with Crippen LogP contribution in [0, 0.1) is 6.92 Å². The van der Waals surface area contributed by atoms with Crippen LogP contribution >= 0.6 is 0 Å². The molecule has 0 radical (unpaired) electrons. The summed E-state index contributed by atoms with van der Waals surface area (Å²) in [5.41, 5.74) is 1.17. The minimum absolute atomic E-state index is 0.0823. The number of sulfonamides is 1. The fourth-order valence-corrected chi connectivity index (χ4v) is 4.65. The summed E-state index contributed by atoms with van der Waals surface area (Å²) in [4.78, 5) is 16.8. The first-order valence-corrected chi connectivity index (χ1v) is 11.8. The Morgan fingerprint density at radius 3 is 2.52 bits per heavy atom. The van der Waals surface area contributed by atoms with Gasteiger partial charge in [-0.05, 0) is 37.6 Å². The van der Waals surface area contributed by atoms with Crippen LogP contribution in [0.4, 0.5) is 5.69 Å². The molecule has 1 heterocycles. The second-order valence-corrected chi connectivity index (χ2v) is 9.23. The number of carbonyl (C=O) groups excluding carboxylic acids is 1. The van der Waals surface area contributed by atoms with Gasteiger partial charge in [0.15, 0.2) is 0 Å². The summed E-state index contributed by atoms with van der Waals surface area (Å²) in [7, 11) is -1.10. The molecular formula is C23H28N4O5S. The lowest BCUT2D eigenvalue weighted by atomic mass is 10.2. The monoisotopic (exact) mass is 472 g/mol. The van der Waals surface area contributed by atoms with Crippen LogP contribution in [0.2, 0.25) is 0 Å². The minimum Gasteiger partial charge on any atom is -0.497 e. The lowest BCUT2D eigenvalue weighted by molar-refractivity contribution is -0.119. The standard InChI is InChI=1S/C23H28N4O5S/c1-18-5-8-20(9-6-18)33(29,30)27(21-10-7-19(31-2)15-22(21)32-3)16-23(28)25-11-4-13-26-14-12-24-17-26/h5-10,12,14-15,17H,4,11,13,16H2,1-3H3,(H,25,28). The van der Waals surface area contributed by atoms with E-state index in [1.54, 1.807) is 42.9 Å². The van der Waals surface area contributed by atoms with Crippen molar-refractivity contribution in [3.8, 4) is 11.5 Å². The second kappa shape index (κ2) is 10.9. The molecule has 0 unspecified atom stereocenters. The number of amides is 1. The normalized spacial score (nSPS) is 11.1. The Morgan fingerprint density at radius 2 is 1.88 bits per heavy atom. The maximum atomic E-state index is 13.5. The maximum absolute atomic E-state index is 13.5. The molecule has 9 nitrogen and oxygen atoms in total. The number of methoxy groups -OCH3 is 2. The smallest absolute Gasteiger partial charge is 0.264 e. The van der Waals surface area contributed by atoms with E-state index in [1.807, 2.05) is 17.7 Å². The molecule has 1 N–H and O–H groups in total. The number of hydrogen-bond donors (Lipinski definition) is 1. The van der Waals surface area contributed by atoms with Crippen molar-refractivity contribution in [3.05, 3.63) is 66.7 Å². The van der Waals surface area contributed by atoms with Crippen molar-refractivity contribution in [1.82, 2.24) is 14.9 Å². The van der Waals surface area contributed by atoms with Gasteiger partial charge in [0.1, 0.15) is 18.0 Å². The van der Waals surface area contributed by atoms with Crippen molar-refractivity contribution in [2.24, 2.45) is 0 Å². The molecule has 1 amide bonds. The fraction of sp³-hybridized carbons (Fsp3) is 0.304. The molecule has 0 aliphatic rings. The van der Waals surface area contributed by atoms with Crippen molar-refractivity contribution in [2.75, 3.05) is 31.6 Å². The van der Waals surface area contributed by atoms with Crippen molar-refractivity contribution < 1.29 is 22.7 Å². The SMILES string of the molecule is COc1ccc(N(CC(=O)NCCCn2ccnc2)S(=O)(=O)c2ccc(C)cc2)c(OC)c1. The molecule has 2 aromatic carbocycles. The van der Waals surface area contributed by atoms with E-state index in [0.29, 0.717) is 25.3 Å². The van der Waals surface area contributed by atoms with Gasteiger partial charge in [0.25, 0.3) is 10.0 Å². The number of hydrogen-bond acceptors (Lipinski definition) is 6. The first kappa shape index (κ1) is 24.1. The van der Waals surface area contributed by atoms with Crippen LogP contribution < -0.4 is 19.1 Å². The van der Waals surface area contributed by atoms with Crippen LogP contribution in [0.3, 0.4) is 0 Å². The zero-order chi connectivity index (χ0) is 23.8. The minimum atomic E-state index is -4.04. The van der Waals surface area contributed by atoms with Crippen molar-refractivity contribution >= 4 is 21.6 Å². The van der Waals surface area contributed by atoms with Gasteiger partial charge in [0, 0.05) is 31.5 Å². The van der Waals surface area contributed by atoms with Crippen molar-refractivity contribution in [3.63, 3.8) is 0 Å². The second-order valence-electron chi connectivity index (χ2n) is 7.37. The topological polar surface area (TPSA) is 103 Å². The Labute approximate surface area is 194 Å². The van der Waals surface area contributed by atoms with E-state index < -0.39 is 22.5 Å². The Morgan fingerprint density at radius 1 is 1.12 bits per heavy atom. The summed E-state index contributed by atoms with van der Waals surface area (Å²) in [5, 5.41) is 2.79. The van der Waals surface area contributed by atoms with Gasteiger partial charge in [-0.15, -0.1) is 0 Å². The first-order valence-electron chi connectivity index (χ1n) is 10.4. The van der Waals surface area contributed by atoms with Gasteiger partial charge in [-0.25, -0.2) is 13.4 Å². The zero-order valence-corrected chi connectivity index (χ0v) is 19.7. The van der Waals surface area contributed by atoms with Crippen molar-refractivity contribution in [1.29, 1.82) is 0 Å². The van der Waals surface area contributed by atoms with Crippen molar-refractivity contribution in [2.45, 2.75) is 24.8 Å². The summed E-state index contributed by atoms with van der Waals surface area (Å²) in [5.74, 6) is 0.361. The predicted octanol–water partition coefficient (Wildman–Crippen LogP) is 2.61. The Hall–Kier alpha value is -3.53. The largest absolute Gasteiger partial charge is 0.497 e. The molecule has 0 aliphatic heterocycles. The molecule has 0 aliphatic carbocycles. The highest BCUT2D eigenvalue weighted by atomic mass is 32.2. The van der Waals surface area contributed by atoms with Gasteiger partial charge in [-0.3, -0.25) is 9.10 Å². The molecule has 0 atom stereocenters. The quantitative estimate of drug-likeness (QED) is 0.431.